The van der Waals surface area contributed by atoms with Crippen LogP contribution in [-0.2, 0) is 24.4 Å². The Kier molecular flexibility index (Phi) is 4.72. The molecule has 0 spiro atoms. The van der Waals surface area contributed by atoms with Crippen molar-refractivity contribution >= 4 is 19.7 Å². The van der Waals surface area contributed by atoms with Crippen LogP contribution >= 0.6 is 0 Å². The molecule has 0 radical (unpaired) electrons. The third-order valence-corrected chi connectivity index (χ3v) is 6.77. The minimum Gasteiger partial charge on any atom is -0.489 e. The van der Waals surface area contributed by atoms with Crippen molar-refractivity contribution in [2.45, 2.75) is 36.9 Å². The highest BCUT2D eigenvalue weighted by Gasteiger charge is 2.63. The molecule has 24 heavy (non-hydrogen) atoms. The highest BCUT2D eigenvalue weighted by atomic mass is 32.3. The lowest BCUT2D eigenvalue weighted by atomic mass is 9.98. The van der Waals surface area contributed by atoms with Gasteiger partial charge in [-0.2, -0.15) is 31.6 Å². The van der Waals surface area contributed by atoms with Crippen molar-refractivity contribution in [2.24, 2.45) is 5.92 Å². The average Bonchev–Trinajstić information content (AvgIpc) is 2.60. The number of rotatable bonds is 2. The lowest BCUT2D eigenvalue weighted by Crippen LogP contribution is -2.36. The largest absolute Gasteiger partial charge is 0.502 e. The van der Waals surface area contributed by atoms with Crippen LogP contribution in [0.25, 0.3) is 0 Å². The zero-order valence-electron chi connectivity index (χ0n) is 11.9. The molecule has 1 aliphatic rings. The van der Waals surface area contributed by atoms with E-state index in [1.54, 1.807) is 0 Å². The van der Waals surface area contributed by atoms with Crippen molar-refractivity contribution in [3.8, 4) is 6.07 Å². The number of sulfone groups is 2. The summed E-state index contributed by atoms with van der Waals surface area (Å²) in [6.07, 6.45) is -0.497. The Morgan fingerprint density at radius 2 is 1.46 bits per heavy atom. The van der Waals surface area contributed by atoms with Crippen molar-refractivity contribution in [1.82, 2.24) is 0 Å². The van der Waals surface area contributed by atoms with Gasteiger partial charge in [0.2, 0.25) is 4.24 Å². The fourth-order valence-corrected chi connectivity index (χ4v) is 4.94. The number of ether oxygens (including phenoxy) is 1. The molecule has 0 aromatic carbocycles. The monoisotopic (exact) mass is 401 g/mol. The maximum atomic E-state index is 12.7. The normalized spacial score (nSPS) is 22.0. The van der Waals surface area contributed by atoms with E-state index in [0.717, 1.165) is 13.8 Å². The Labute approximate surface area is 132 Å². The first-order valence-corrected chi connectivity index (χ1v) is 8.80. The fraction of sp³-hybridized carbons (Fsp3) is 0.700. The van der Waals surface area contributed by atoms with Crippen LogP contribution in [0.1, 0.15) is 20.3 Å². The maximum absolute atomic E-state index is 12.7. The van der Waals surface area contributed by atoms with E-state index in [0.29, 0.717) is 0 Å². The quantitative estimate of drug-likeness (QED) is 0.659. The molecule has 0 amide bonds. The Morgan fingerprint density at radius 3 is 1.75 bits per heavy atom. The average molecular weight is 401 g/mol. The SMILES string of the molecule is CC1(C)CC(C#N)C(=C(S(=O)(=O)C(F)(F)F)S(=O)(=O)C(F)(F)F)O1. The molecule has 1 heterocycles. The van der Waals surface area contributed by atoms with Gasteiger partial charge in [-0.3, -0.25) is 0 Å². The molecule has 0 aromatic heterocycles. The first kappa shape index (κ1) is 20.6. The van der Waals surface area contributed by atoms with Gasteiger partial charge in [0.05, 0.1) is 6.07 Å². The van der Waals surface area contributed by atoms with E-state index in [2.05, 4.69) is 4.74 Å². The Hall–Kier alpha value is -1.49. The van der Waals surface area contributed by atoms with Crippen LogP contribution < -0.4 is 0 Å². The number of halogens is 6. The van der Waals surface area contributed by atoms with Crippen molar-refractivity contribution in [2.75, 3.05) is 0 Å². The zero-order chi connectivity index (χ0) is 19.4. The highest BCUT2D eigenvalue weighted by molar-refractivity contribution is 8.15. The first-order valence-electron chi connectivity index (χ1n) is 5.84. The van der Waals surface area contributed by atoms with Crippen LogP contribution in [0.4, 0.5) is 26.3 Å². The molecule has 0 bridgehead atoms. The van der Waals surface area contributed by atoms with Gasteiger partial charge in [-0.15, -0.1) is 0 Å². The van der Waals surface area contributed by atoms with Crippen LogP contribution in [0, 0.1) is 17.2 Å². The molecule has 1 rings (SSSR count). The molecule has 0 aliphatic carbocycles. The second-order valence-corrected chi connectivity index (χ2v) is 9.31. The van der Waals surface area contributed by atoms with Crippen LogP contribution in [-0.4, -0.2) is 33.5 Å². The Bertz CT molecular complexity index is 767. The summed E-state index contributed by atoms with van der Waals surface area (Å²) in [6, 6.07) is 1.25. The molecule has 138 valence electrons. The van der Waals surface area contributed by atoms with E-state index in [9.17, 15) is 43.2 Å². The summed E-state index contributed by atoms with van der Waals surface area (Å²) in [6.45, 7) is 2.28. The lowest BCUT2D eigenvalue weighted by molar-refractivity contribution is -0.0448. The Balaban J connectivity index is 3.98. The fourth-order valence-electron chi connectivity index (χ4n) is 1.90. The zero-order valence-corrected chi connectivity index (χ0v) is 13.5. The summed E-state index contributed by atoms with van der Waals surface area (Å²) < 4.78 is 124. The topological polar surface area (TPSA) is 101 Å². The number of allylic oxidation sites excluding steroid dienone is 1. The first-order chi connectivity index (χ1) is 10.4. The molecule has 1 aliphatic heterocycles. The smallest absolute Gasteiger partial charge is 0.489 e. The molecular weight excluding hydrogens is 392 g/mol. The lowest BCUT2D eigenvalue weighted by Gasteiger charge is -2.20. The third kappa shape index (κ3) is 3.32. The molecule has 1 atom stereocenters. The molecule has 1 unspecified atom stereocenters. The third-order valence-electron chi connectivity index (χ3n) is 2.85. The van der Waals surface area contributed by atoms with Gasteiger partial charge >= 0.3 is 11.0 Å². The number of nitrogens with zero attached hydrogens (tertiary/aromatic N) is 1. The van der Waals surface area contributed by atoms with Crippen molar-refractivity contribution < 1.29 is 47.9 Å². The van der Waals surface area contributed by atoms with Crippen molar-refractivity contribution in [1.29, 1.82) is 5.26 Å². The molecule has 1 saturated heterocycles. The molecule has 0 aromatic rings. The standard InChI is InChI=1S/C10H9F6NO5S2/c1-8(2)3-5(4-17)6(22-8)7(23(18,19)9(11,12)13)24(20,21)10(14,15)16/h5H,3H2,1-2H3. The van der Waals surface area contributed by atoms with Gasteiger partial charge in [-0.05, 0) is 13.8 Å². The number of hydrogen-bond acceptors (Lipinski definition) is 6. The summed E-state index contributed by atoms with van der Waals surface area (Å²) in [7, 11) is -13.9. The van der Waals surface area contributed by atoms with Gasteiger partial charge < -0.3 is 4.74 Å². The minimum absolute atomic E-state index is 0.497. The molecular formula is C10H9F6NO5S2. The van der Waals surface area contributed by atoms with E-state index in [-0.39, 0.29) is 0 Å². The summed E-state index contributed by atoms with van der Waals surface area (Å²) in [5.41, 5.74) is -14.2. The van der Waals surface area contributed by atoms with E-state index in [4.69, 9.17) is 5.26 Å². The highest BCUT2D eigenvalue weighted by Crippen LogP contribution is 2.46. The van der Waals surface area contributed by atoms with Gasteiger partial charge in [-0.25, -0.2) is 16.8 Å². The molecule has 1 fully saturated rings. The van der Waals surface area contributed by atoms with Gasteiger partial charge in [0.1, 0.15) is 17.3 Å². The molecule has 14 heteroatoms. The van der Waals surface area contributed by atoms with Crippen LogP contribution in [0.3, 0.4) is 0 Å². The Morgan fingerprint density at radius 1 is 1.08 bits per heavy atom. The van der Waals surface area contributed by atoms with Crippen LogP contribution in [0.15, 0.2) is 10.00 Å². The van der Waals surface area contributed by atoms with Gasteiger partial charge in [0, 0.05) is 6.42 Å². The second-order valence-electron chi connectivity index (χ2n) is 5.30. The molecule has 0 saturated carbocycles. The maximum Gasteiger partial charge on any atom is 0.502 e. The van der Waals surface area contributed by atoms with Gasteiger partial charge in [0.15, 0.2) is 0 Å². The number of nitriles is 1. The van der Waals surface area contributed by atoms with E-state index in [1.807, 2.05) is 0 Å². The van der Waals surface area contributed by atoms with Gasteiger partial charge in [0.25, 0.3) is 19.7 Å². The predicted octanol–water partition coefficient (Wildman–Crippen LogP) is 2.36. The van der Waals surface area contributed by atoms with E-state index in [1.165, 1.54) is 6.07 Å². The van der Waals surface area contributed by atoms with Crippen LogP contribution in [0.2, 0.25) is 0 Å². The summed E-state index contributed by atoms with van der Waals surface area (Å²) >= 11 is 0. The summed E-state index contributed by atoms with van der Waals surface area (Å²) in [5, 5.41) is 8.84. The van der Waals surface area contributed by atoms with E-state index >= 15 is 0 Å². The molecule has 6 nitrogen and oxygen atoms in total. The van der Waals surface area contributed by atoms with Crippen molar-refractivity contribution in [3.05, 3.63) is 10.00 Å². The summed E-state index contributed by atoms with van der Waals surface area (Å²) in [4.78, 5) is 0. The minimum atomic E-state index is -6.96. The van der Waals surface area contributed by atoms with Crippen molar-refractivity contribution in [3.63, 3.8) is 0 Å². The predicted molar refractivity (Wildman–Crippen MR) is 65.9 cm³/mol. The number of hydrogen-bond donors (Lipinski definition) is 0. The molecule has 0 N–H and O–H groups in total. The van der Waals surface area contributed by atoms with Gasteiger partial charge in [-0.1, -0.05) is 0 Å². The number of alkyl halides is 6. The second kappa shape index (κ2) is 5.51. The van der Waals surface area contributed by atoms with Crippen LogP contribution in [0.5, 0.6) is 0 Å². The van der Waals surface area contributed by atoms with E-state index < -0.39 is 58.6 Å². The summed E-state index contributed by atoms with van der Waals surface area (Å²) in [5.74, 6) is -3.60.